The third-order valence-corrected chi connectivity index (χ3v) is 7.24. The Labute approximate surface area is 133 Å². The molecule has 0 aliphatic heterocycles. The number of nitrogens with one attached hydrogen (secondary N) is 2. The number of aromatic amines is 2. The molecule has 0 radical (unpaired) electrons. The molecule has 0 atom stereocenters. The Morgan fingerprint density at radius 1 is 1.00 bits per heavy atom. The number of benzene rings is 1. The van der Waals surface area contributed by atoms with Crippen LogP contribution in [0.25, 0.3) is 0 Å². The summed E-state index contributed by atoms with van der Waals surface area (Å²) in [6, 6.07) is 10.2. The zero-order chi connectivity index (χ0) is 16.9. The van der Waals surface area contributed by atoms with Gasteiger partial charge in [-0.1, -0.05) is 30.3 Å². The van der Waals surface area contributed by atoms with E-state index in [4.69, 9.17) is 8.85 Å². The van der Waals surface area contributed by atoms with Crippen LogP contribution in [0.5, 0.6) is 0 Å². The van der Waals surface area contributed by atoms with E-state index in [1.54, 1.807) is 14.2 Å². The molecule has 23 heavy (non-hydrogen) atoms. The van der Waals surface area contributed by atoms with Gasteiger partial charge in [-0.05, 0) is 17.7 Å². The van der Waals surface area contributed by atoms with E-state index >= 15 is 0 Å². The van der Waals surface area contributed by atoms with Gasteiger partial charge >= 0.3 is 25.6 Å². The highest BCUT2D eigenvalue weighted by atomic mass is 28.4. The van der Waals surface area contributed by atoms with Gasteiger partial charge < -0.3 is 8.85 Å². The van der Waals surface area contributed by atoms with Crippen molar-refractivity contribution in [3.63, 3.8) is 0 Å². The Balaban J connectivity index is 2.17. The second-order valence-corrected chi connectivity index (χ2v) is 8.37. The zero-order valence-electron chi connectivity index (χ0n) is 13.0. The molecule has 0 aliphatic carbocycles. The fraction of sp³-hybridized carbons (Fsp3) is 0.357. The SMILES string of the molecule is CO[Si](CCCn1c(=O)[nH]c(=O)[nH]c1=O)(OC)c1ccccc1. The maximum absolute atomic E-state index is 11.7. The van der Waals surface area contributed by atoms with Gasteiger partial charge in [-0.2, -0.15) is 0 Å². The summed E-state index contributed by atoms with van der Waals surface area (Å²) in [6.07, 6.45) is 0.498. The highest BCUT2D eigenvalue weighted by Gasteiger charge is 2.37. The van der Waals surface area contributed by atoms with Crippen molar-refractivity contribution in [2.45, 2.75) is 19.0 Å². The van der Waals surface area contributed by atoms with Crippen molar-refractivity contribution in [2.75, 3.05) is 14.2 Å². The van der Waals surface area contributed by atoms with Gasteiger partial charge in [0, 0.05) is 20.8 Å². The van der Waals surface area contributed by atoms with E-state index in [2.05, 4.69) is 0 Å². The minimum atomic E-state index is -2.62. The van der Waals surface area contributed by atoms with Gasteiger partial charge in [-0.15, -0.1) is 0 Å². The lowest BCUT2D eigenvalue weighted by Gasteiger charge is -2.27. The van der Waals surface area contributed by atoms with E-state index in [1.165, 1.54) is 0 Å². The molecule has 9 heteroatoms. The molecule has 1 aromatic carbocycles. The van der Waals surface area contributed by atoms with Crippen LogP contribution in [0.4, 0.5) is 0 Å². The molecular weight excluding hydrogens is 318 g/mol. The third kappa shape index (κ3) is 3.75. The number of H-pyrrole nitrogens is 2. The van der Waals surface area contributed by atoms with Gasteiger partial charge in [0.25, 0.3) is 0 Å². The van der Waals surface area contributed by atoms with Crippen molar-refractivity contribution in [1.29, 1.82) is 0 Å². The Kier molecular flexibility index (Phi) is 5.48. The van der Waals surface area contributed by atoms with Crippen molar-refractivity contribution in [2.24, 2.45) is 0 Å². The van der Waals surface area contributed by atoms with Gasteiger partial charge in [-0.3, -0.25) is 9.97 Å². The van der Waals surface area contributed by atoms with Crippen LogP contribution in [-0.4, -0.2) is 37.3 Å². The lowest BCUT2D eigenvalue weighted by molar-refractivity contribution is 0.255. The molecule has 0 saturated carbocycles. The Morgan fingerprint density at radius 3 is 2.09 bits per heavy atom. The Hall–Kier alpha value is -2.23. The van der Waals surface area contributed by atoms with Gasteiger partial charge in [0.1, 0.15) is 0 Å². The van der Waals surface area contributed by atoms with Crippen LogP contribution in [0.1, 0.15) is 6.42 Å². The maximum atomic E-state index is 11.7. The number of nitrogens with zero attached hydrogens (tertiary/aromatic N) is 1. The van der Waals surface area contributed by atoms with Crippen molar-refractivity contribution < 1.29 is 8.85 Å². The van der Waals surface area contributed by atoms with Crippen molar-refractivity contribution >= 4 is 13.7 Å². The average Bonchev–Trinajstić information content (AvgIpc) is 2.55. The molecule has 124 valence electrons. The van der Waals surface area contributed by atoms with Crippen LogP contribution in [-0.2, 0) is 15.4 Å². The van der Waals surface area contributed by atoms with E-state index in [9.17, 15) is 14.4 Å². The summed E-state index contributed by atoms with van der Waals surface area (Å²) in [5.41, 5.74) is -2.25. The molecule has 0 aliphatic rings. The summed E-state index contributed by atoms with van der Waals surface area (Å²) in [5, 5.41) is 0.979. The molecule has 1 aromatic heterocycles. The van der Waals surface area contributed by atoms with Crippen LogP contribution < -0.4 is 22.3 Å². The monoisotopic (exact) mass is 337 g/mol. The van der Waals surface area contributed by atoms with Gasteiger partial charge in [0.05, 0.1) is 0 Å². The summed E-state index contributed by atoms with van der Waals surface area (Å²) >= 11 is 0. The summed E-state index contributed by atoms with van der Waals surface area (Å²) in [6.45, 7) is 0.166. The van der Waals surface area contributed by atoms with E-state index in [0.717, 1.165) is 9.75 Å². The van der Waals surface area contributed by atoms with Crippen molar-refractivity contribution in [1.82, 2.24) is 14.5 Å². The molecule has 2 rings (SSSR count). The minimum Gasteiger partial charge on any atom is -0.394 e. The summed E-state index contributed by atoms with van der Waals surface area (Å²) < 4.78 is 12.3. The Morgan fingerprint density at radius 2 is 1.57 bits per heavy atom. The predicted molar refractivity (Wildman–Crippen MR) is 87.2 cm³/mol. The second kappa shape index (κ2) is 7.35. The van der Waals surface area contributed by atoms with Crippen LogP contribution >= 0.6 is 0 Å². The largest absolute Gasteiger partial charge is 0.394 e. The molecular formula is C14H19N3O5Si. The molecule has 0 spiro atoms. The molecule has 2 aromatic rings. The first-order valence-electron chi connectivity index (χ1n) is 7.11. The molecule has 0 unspecified atom stereocenters. The molecule has 1 heterocycles. The number of hydrogen-bond donors (Lipinski definition) is 2. The van der Waals surface area contributed by atoms with Gasteiger partial charge in [0.15, 0.2) is 0 Å². The van der Waals surface area contributed by atoms with E-state index in [1.807, 2.05) is 40.3 Å². The lowest BCUT2D eigenvalue weighted by atomic mass is 10.4. The first-order chi connectivity index (χ1) is 11.0. The fourth-order valence-electron chi connectivity index (χ4n) is 2.49. The molecule has 0 amide bonds. The molecule has 0 saturated heterocycles. The van der Waals surface area contributed by atoms with E-state index < -0.39 is 25.6 Å². The standard InChI is InChI=1S/C14H19N3O5Si/c1-21-23(22-2,11-7-4-3-5-8-11)10-6-9-17-13(19)15-12(18)16-14(17)20/h3-5,7-8H,6,9-10H2,1-2H3,(H2,15,16,18,19,20). The zero-order valence-corrected chi connectivity index (χ0v) is 14.0. The minimum absolute atomic E-state index is 0.166. The highest BCUT2D eigenvalue weighted by Crippen LogP contribution is 2.15. The number of aromatic nitrogens is 3. The quantitative estimate of drug-likeness (QED) is 0.647. The van der Waals surface area contributed by atoms with Crippen LogP contribution in [0.2, 0.25) is 6.04 Å². The van der Waals surface area contributed by atoms with Gasteiger partial charge in [-0.25, -0.2) is 19.0 Å². The van der Waals surface area contributed by atoms with Crippen molar-refractivity contribution in [3.8, 4) is 0 Å². The molecule has 8 nitrogen and oxygen atoms in total. The molecule has 2 N–H and O–H groups in total. The van der Waals surface area contributed by atoms with Crippen LogP contribution in [0, 0.1) is 0 Å². The average molecular weight is 337 g/mol. The third-order valence-electron chi connectivity index (χ3n) is 3.69. The topological polar surface area (TPSA) is 106 Å². The lowest BCUT2D eigenvalue weighted by Crippen LogP contribution is -2.52. The van der Waals surface area contributed by atoms with E-state index in [0.29, 0.717) is 12.5 Å². The van der Waals surface area contributed by atoms with Crippen LogP contribution in [0.15, 0.2) is 44.7 Å². The first-order valence-corrected chi connectivity index (χ1v) is 9.14. The summed E-state index contributed by atoms with van der Waals surface area (Å²) in [5.74, 6) is 0. The van der Waals surface area contributed by atoms with E-state index in [-0.39, 0.29) is 6.54 Å². The van der Waals surface area contributed by atoms with Gasteiger partial charge in [0.2, 0.25) is 0 Å². The van der Waals surface area contributed by atoms with Crippen molar-refractivity contribution in [3.05, 3.63) is 61.8 Å². The second-order valence-electron chi connectivity index (χ2n) is 4.97. The smallest absolute Gasteiger partial charge is 0.372 e. The number of rotatable bonds is 7. The normalized spacial score (nSPS) is 11.6. The summed E-state index contributed by atoms with van der Waals surface area (Å²) in [4.78, 5) is 38.4. The predicted octanol–water partition coefficient (Wildman–Crippen LogP) is -0.743. The fourth-order valence-corrected chi connectivity index (χ4v) is 5.14. The maximum Gasteiger partial charge on any atom is 0.372 e. The highest BCUT2D eigenvalue weighted by molar-refractivity contribution is 6.81. The molecule has 0 fully saturated rings. The summed E-state index contributed by atoms with van der Waals surface area (Å²) in [7, 11) is 0.579. The molecule has 0 bridgehead atoms. The Bertz CT molecular complexity index is 773. The number of hydrogen-bond acceptors (Lipinski definition) is 5. The van der Waals surface area contributed by atoms with Crippen LogP contribution in [0.3, 0.4) is 0 Å². The first kappa shape index (κ1) is 17.1.